The first kappa shape index (κ1) is 26.5. The van der Waals surface area contributed by atoms with Crippen LogP contribution in [0.2, 0.25) is 0 Å². The Labute approximate surface area is 223 Å². The van der Waals surface area contributed by atoms with Gasteiger partial charge in [-0.05, 0) is 37.3 Å². The number of aliphatic hydroxyl groups excluding tert-OH is 1. The first-order valence-electron chi connectivity index (χ1n) is 13.4. The number of aliphatic hydroxyl groups is 1. The number of rotatable bonds is 6. The van der Waals surface area contributed by atoms with Crippen molar-refractivity contribution in [3.8, 4) is 0 Å². The van der Waals surface area contributed by atoms with Crippen LogP contribution in [0, 0.1) is 0 Å². The van der Waals surface area contributed by atoms with E-state index in [-0.39, 0.29) is 28.8 Å². The van der Waals surface area contributed by atoms with E-state index in [1.807, 2.05) is 24.0 Å². The third-order valence-electron chi connectivity index (χ3n) is 8.12. The standard InChI is InChI=1S/C26H33F3N6O4/c1-25-17(6-11-39-25)16(23(36)35-7-12-38-13-8-35)2-3-19(25)32-24-33-21-20(18(14-30-21)26(27,28)29)22(34-24)31-15-4-9-37-10-5-15/h2-3,14-15,19,23,36H,4-13H2,1H3,(H3,30,31,32,33,34). The Balaban J connectivity index is 1.31. The van der Waals surface area contributed by atoms with Crippen LogP contribution in [0.1, 0.15) is 31.7 Å². The average molecular weight is 551 g/mol. The number of alkyl halides is 3. The number of morpholine rings is 1. The lowest BCUT2D eigenvalue weighted by molar-refractivity contribution is -0.136. The predicted octanol–water partition coefficient (Wildman–Crippen LogP) is 3.04. The van der Waals surface area contributed by atoms with Gasteiger partial charge in [0.15, 0.2) is 0 Å². The Morgan fingerprint density at radius 2 is 1.85 bits per heavy atom. The third kappa shape index (κ3) is 5.02. The Kier molecular flexibility index (Phi) is 7.04. The van der Waals surface area contributed by atoms with Gasteiger partial charge in [0, 0.05) is 38.5 Å². The van der Waals surface area contributed by atoms with E-state index in [9.17, 15) is 18.3 Å². The van der Waals surface area contributed by atoms with Gasteiger partial charge in [0.05, 0.1) is 36.8 Å². The van der Waals surface area contributed by atoms with Crippen LogP contribution >= 0.6 is 0 Å². The molecule has 4 N–H and O–H groups in total. The van der Waals surface area contributed by atoms with Gasteiger partial charge in [0.25, 0.3) is 0 Å². The molecular formula is C26H33F3N6O4. The molecule has 2 aromatic rings. The predicted molar refractivity (Wildman–Crippen MR) is 137 cm³/mol. The molecule has 6 rings (SSSR count). The number of ether oxygens (including phenoxy) is 3. The number of nitrogens with zero attached hydrogens (tertiary/aromatic N) is 3. The minimum absolute atomic E-state index is 0.0651. The maximum absolute atomic E-state index is 13.8. The van der Waals surface area contributed by atoms with Crippen LogP contribution in [0.3, 0.4) is 0 Å². The number of nitrogens with one attached hydrogen (secondary N) is 3. The van der Waals surface area contributed by atoms with Crippen LogP contribution in [0.5, 0.6) is 0 Å². The lowest BCUT2D eigenvalue weighted by atomic mass is 9.80. The topological polar surface area (TPSA) is 117 Å². The van der Waals surface area contributed by atoms with Crippen molar-refractivity contribution < 1.29 is 32.5 Å². The number of hydrogen-bond donors (Lipinski definition) is 4. The fourth-order valence-corrected chi connectivity index (χ4v) is 5.94. The van der Waals surface area contributed by atoms with E-state index in [2.05, 4.69) is 25.6 Å². The Bertz CT molecular complexity index is 1270. The van der Waals surface area contributed by atoms with Gasteiger partial charge in [-0.2, -0.15) is 23.1 Å². The zero-order valence-corrected chi connectivity index (χ0v) is 21.7. The number of fused-ring (bicyclic) bond motifs is 2. The highest BCUT2D eigenvalue weighted by Gasteiger charge is 2.46. The highest BCUT2D eigenvalue weighted by atomic mass is 19.4. The summed E-state index contributed by atoms with van der Waals surface area (Å²) < 4.78 is 58.5. The van der Waals surface area contributed by atoms with Crippen LogP contribution < -0.4 is 10.6 Å². The van der Waals surface area contributed by atoms with Gasteiger partial charge < -0.3 is 34.9 Å². The molecule has 3 atom stereocenters. The molecule has 0 amide bonds. The second-order valence-electron chi connectivity index (χ2n) is 10.5. The number of hydrogen-bond acceptors (Lipinski definition) is 9. The van der Waals surface area contributed by atoms with Gasteiger partial charge in [-0.25, -0.2) is 0 Å². The quantitative estimate of drug-likeness (QED) is 0.431. The molecule has 212 valence electrons. The summed E-state index contributed by atoms with van der Waals surface area (Å²) in [5, 5.41) is 17.6. The van der Waals surface area contributed by atoms with Crippen molar-refractivity contribution in [3.63, 3.8) is 0 Å². The Morgan fingerprint density at radius 3 is 2.59 bits per heavy atom. The molecule has 3 saturated heterocycles. The summed E-state index contributed by atoms with van der Waals surface area (Å²) in [6, 6.07) is -0.467. The molecule has 0 radical (unpaired) electrons. The molecule has 1 aliphatic carbocycles. The van der Waals surface area contributed by atoms with Gasteiger partial charge in [0.1, 0.15) is 23.3 Å². The Hall–Kier alpha value is -2.71. The molecule has 13 heteroatoms. The molecule has 3 aliphatic heterocycles. The molecule has 10 nitrogen and oxygen atoms in total. The SMILES string of the molecule is CC12OCCC1=C(C(O)N1CCOCC1)C=CC2Nc1nc(NC2CCOCC2)c2c(C(F)(F)F)c[nH]c2n1. The molecular weight excluding hydrogens is 517 g/mol. The molecule has 5 heterocycles. The maximum Gasteiger partial charge on any atom is 0.418 e. The van der Waals surface area contributed by atoms with E-state index in [0.717, 1.165) is 17.3 Å². The highest BCUT2D eigenvalue weighted by Crippen LogP contribution is 2.43. The van der Waals surface area contributed by atoms with Crippen LogP contribution in [0.4, 0.5) is 24.9 Å². The molecule has 3 unspecified atom stereocenters. The van der Waals surface area contributed by atoms with E-state index < -0.39 is 29.6 Å². The van der Waals surface area contributed by atoms with Gasteiger partial charge in [-0.3, -0.25) is 4.90 Å². The van der Waals surface area contributed by atoms with Crippen LogP contribution in [0.25, 0.3) is 11.0 Å². The summed E-state index contributed by atoms with van der Waals surface area (Å²) in [7, 11) is 0. The molecule has 0 saturated carbocycles. The summed E-state index contributed by atoms with van der Waals surface area (Å²) in [6.45, 7) is 5.93. The van der Waals surface area contributed by atoms with E-state index >= 15 is 0 Å². The number of aromatic nitrogens is 3. The number of anilines is 2. The maximum atomic E-state index is 13.8. The van der Waals surface area contributed by atoms with Crippen molar-refractivity contribution in [2.45, 2.75) is 56.3 Å². The van der Waals surface area contributed by atoms with Gasteiger partial charge >= 0.3 is 6.18 Å². The summed E-state index contributed by atoms with van der Waals surface area (Å²) in [4.78, 5) is 13.6. The smallest absolute Gasteiger partial charge is 0.381 e. The van der Waals surface area contributed by atoms with Crippen molar-refractivity contribution in [2.75, 3.05) is 56.8 Å². The number of H-pyrrole nitrogens is 1. The highest BCUT2D eigenvalue weighted by molar-refractivity contribution is 5.92. The summed E-state index contributed by atoms with van der Waals surface area (Å²) >= 11 is 0. The fourth-order valence-electron chi connectivity index (χ4n) is 5.94. The van der Waals surface area contributed by atoms with Crippen molar-refractivity contribution in [1.82, 2.24) is 19.9 Å². The molecule has 3 fully saturated rings. The van der Waals surface area contributed by atoms with Gasteiger partial charge in [-0.15, -0.1) is 0 Å². The molecule has 2 aromatic heterocycles. The normalized spacial score (nSPS) is 27.7. The largest absolute Gasteiger partial charge is 0.418 e. The first-order valence-corrected chi connectivity index (χ1v) is 13.4. The molecule has 4 aliphatic rings. The zero-order valence-electron chi connectivity index (χ0n) is 21.7. The summed E-state index contributed by atoms with van der Waals surface area (Å²) in [5.41, 5.74) is 0.298. The summed E-state index contributed by atoms with van der Waals surface area (Å²) in [6.07, 6.45) is 1.40. The summed E-state index contributed by atoms with van der Waals surface area (Å²) in [5.74, 6) is 0.301. The van der Waals surface area contributed by atoms with Crippen LogP contribution in [0.15, 0.2) is 29.5 Å². The second kappa shape index (κ2) is 10.4. The second-order valence-corrected chi connectivity index (χ2v) is 10.5. The van der Waals surface area contributed by atoms with E-state index in [4.69, 9.17) is 14.2 Å². The van der Waals surface area contributed by atoms with Gasteiger partial charge in [-0.1, -0.05) is 12.2 Å². The van der Waals surface area contributed by atoms with Crippen LogP contribution in [-0.2, 0) is 20.4 Å². The van der Waals surface area contributed by atoms with Crippen molar-refractivity contribution in [1.29, 1.82) is 0 Å². The first-order chi connectivity index (χ1) is 18.7. The molecule has 39 heavy (non-hydrogen) atoms. The monoisotopic (exact) mass is 550 g/mol. The minimum Gasteiger partial charge on any atom is -0.381 e. The van der Waals surface area contributed by atoms with E-state index in [1.54, 1.807) is 0 Å². The van der Waals surface area contributed by atoms with Crippen LogP contribution in [-0.4, -0.2) is 95.0 Å². The van der Waals surface area contributed by atoms with Crippen molar-refractivity contribution in [2.24, 2.45) is 0 Å². The number of aromatic amines is 1. The molecule has 0 aromatic carbocycles. The lowest BCUT2D eigenvalue weighted by Crippen LogP contribution is -2.49. The number of halogens is 3. The van der Waals surface area contributed by atoms with Gasteiger partial charge in [0.2, 0.25) is 5.95 Å². The van der Waals surface area contributed by atoms with Crippen molar-refractivity contribution >= 4 is 22.8 Å². The van der Waals surface area contributed by atoms with Crippen molar-refractivity contribution in [3.05, 3.63) is 35.1 Å². The minimum atomic E-state index is -4.56. The molecule has 0 spiro atoms. The fraction of sp³-hybridized carbons (Fsp3) is 0.615. The lowest BCUT2D eigenvalue weighted by Gasteiger charge is -2.40. The third-order valence-corrected chi connectivity index (χ3v) is 8.12. The Morgan fingerprint density at radius 1 is 1.10 bits per heavy atom. The van der Waals surface area contributed by atoms with E-state index in [0.29, 0.717) is 65.4 Å². The molecule has 0 bridgehead atoms. The van der Waals surface area contributed by atoms with E-state index in [1.165, 1.54) is 0 Å². The average Bonchev–Trinajstić information content (AvgIpc) is 3.54. The zero-order chi connectivity index (χ0) is 27.2.